The Balaban J connectivity index is 2.02. The number of nitrogens with one attached hydrogen (secondary N) is 2. The highest BCUT2D eigenvalue weighted by Gasteiger charge is 2.03. The third-order valence-electron chi connectivity index (χ3n) is 2.48. The number of carbonyl (C=O) groups is 2. The molecule has 0 unspecified atom stereocenters. The molecular weight excluding hydrogens is 248 g/mol. The topological polar surface area (TPSA) is 87.7 Å². The highest BCUT2D eigenvalue weighted by molar-refractivity contribution is 5.93. The summed E-state index contributed by atoms with van der Waals surface area (Å²) in [4.78, 5) is 27.3. The molecule has 0 heterocycles. The molecule has 0 atom stereocenters. The first-order chi connectivity index (χ1) is 9.24. The highest BCUT2D eigenvalue weighted by atomic mass is 16.6. The first-order valence-electron chi connectivity index (χ1n) is 6.14. The van der Waals surface area contributed by atoms with Gasteiger partial charge in [0.1, 0.15) is 0 Å². The van der Waals surface area contributed by atoms with Crippen molar-refractivity contribution in [1.29, 1.82) is 0 Å². The minimum absolute atomic E-state index is 0.278. The second kappa shape index (κ2) is 9.07. The molecule has 0 fully saturated rings. The lowest BCUT2D eigenvalue weighted by atomic mass is 10.2. The number of hydrogen-bond acceptors (Lipinski definition) is 4. The lowest BCUT2D eigenvalue weighted by Crippen LogP contribution is -2.24. The second-order valence-corrected chi connectivity index (χ2v) is 3.99. The van der Waals surface area contributed by atoms with Gasteiger partial charge in [-0.05, 0) is 25.0 Å². The summed E-state index contributed by atoms with van der Waals surface area (Å²) in [6, 6.07) is 8.79. The molecule has 6 nitrogen and oxygen atoms in total. The fourth-order valence-corrected chi connectivity index (χ4v) is 1.46. The average molecular weight is 266 g/mol. The van der Waals surface area contributed by atoms with Crippen molar-refractivity contribution in [3.63, 3.8) is 0 Å². The molecule has 0 aliphatic rings. The molecule has 3 N–H and O–H groups in total. The molecule has 0 aliphatic heterocycles. The largest absolute Gasteiger partial charge is 0.289 e. The summed E-state index contributed by atoms with van der Waals surface area (Å²) in [6.45, 7) is 0.388. The first-order valence-corrected chi connectivity index (χ1v) is 6.14. The van der Waals surface area contributed by atoms with E-state index in [0.29, 0.717) is 18.6 Å². The average Bonchev–Trinajstić information content (AvgIpc) is 2.46. The quantitative estimate of drug-likeness (QED) is 0.377. The van der Waals surface area contributed by atoms with Gasteiger partial charge in [-0.15, -0.1) is 0 Å². The van der Waals surface area contributed by atoms with E-state index in [1.807, 2.05) is 6.07 Å². The van der Waals surface area contributed by atoms with Crippen LogP contribution in [0.3, 0.4) is 0 Å². The van der Waals surface area contributed by atoms with Gasteiger partial charge in [-0.3, -0.25) is 19.6 Å². The van der Waals surface area contributed by atoms with E-state index in [0.717, 1.165) is 12.8 Å². The summed E-state index contributed by atoms with van der Waals surface area (Å²) in [5.41, 5.74) is 4.47. The minimum atomic E-state index is -0.390. The number of benzene rings is 1. The molecule has 0 saturated heterocycles. The van der Waals surface area contributed by atoms with Crippen molar-refractivity contribution in [2.24, 2.45) is 0 Å². The van der Waals surface area contributed by atoms with E-state index in [-0.39, 0.29) is 12.3 Å². The molecule has 1 aromatic carbocycles. The summed E-state index contributed by atoms with van der Waals surface area (Å²) < 4.78 is 0. The van der Waals surface area contributed by atoms with Crippen molar-refractivity contribution in [2.75, 3.05) is 6.61 Å². The Morgan fingerprint density at radius 3 is 2.53 bits per heavy atom. The van der Waals surface area contributed by atoms with Crippen molar-refractivity contribution < 1.29 is 19.6 Å². The molecule has 0 aromatic heterocycles. The van der Waals surface area contributed by atoms with Crippen molar-refractivity contribution >= 4 is 11.8 Å². The molecule has 19 heavy (non-hydrogen) atoms. The van der Waals surface area contributed by atoms with Crippen LogP contribution >= 0.6 is 0 Å². The zero-order chi connectivity index (χ0) is 13.9. The Bertz CT molecular complexity index is 395. The van der Waals surface area contributed by atoms with E-state index in [1.54, 1.807) is 29.7 Å². The molecular formula is C13H18N2O4. The molecule has 0 saturated carbocycles. The third-order valence-corrected chi connectivity index (χ3v) is 2.48. The van der Waals surface area contributed by atoms with Crippen LogP contribution in [0, 0.1) is 0 Å². The van der Waals surface area contributed by atoms with Crippen LogP contribution in [0.25, 0.3) is 0 Å². The number of hydroxylamine groups is 2. The predicted octanol–water partition coefficient (Wildman–Crippen LogP) is 1.41. The summed E-state index contributed by atoms with van der Waals surface area (Å²) in [6.07, 6.45) is 2.47. The van der Waals surface area contributed by atoms with Crippen LogP contribution in [0.1, 0.15) is 36.0 Å². The summed E-state index contributed by atoms with van der Waals surface area (Å²) in [5.74, 6) is -0.668. The van der Waals surface area contributed by atoms with Gasteiger partial charge in [0.2, 0.25) is 5.91 Å². The summed E-state index contributed by atoms with van der Waals surface area (Å²) >= 11 is 0. The van der Waals surface area contributed by atoms with Crippen molar-refractivity contribution in [2.45, 2.75) is 25.7 Å². The van der Waals surface area contributed by atoms with E-state index in [2.05, 4.69) is 5.48 Å². The number of amides is 2. The maximum absolute atomic E-state index is 11.5. The van der Waals surface area contributed by atoms with Crippen molar-refractivity contribution in [3.05, 3.63) is 35.9 Å². The molecule has 1 aromatic rings. The summed E-state index contributed by atoms with van der Waals surface area (Å²) in [7, 11) is 0. The minimum Gasteiger partial charge on any atom is -0.289 e. The second-order valence-electron chi connectivity index (χ2n) is 3.99. The van der Waals surface area contributed by atoms with Crippen LogP contribution in [0.15, 0.2) is 30.3 Å². The van der Waals surface area contributed by atoms with Gasteiger partial charge in [0.15, 0.2) is 0 Å². The van der Waals surface area contributed by atoms with Gasteiger partial charge in [-0.2, -0.15) is 0 Å². The Morgan fingerprint density at radius 2 is 1.84 bits per heavy atom. The maximum Gasteiger partial charge on any atom is 0.274 e. The van der Waals surface area contributed by atoms with Gasteiger partial charge in [0, 0.05) is 12.0 Å². The first kappa shape index (κ1) is 15.1. The van der Waals surface area contributed by atoms with Gasteiger partial charge < -0.3 is 0 Å². The normalized spacial score (nSPS) is 9.95. The molecule has 6 heteroatoms. The zero-order valence-electron chi connectivity index (χ0n) is 10.6. The Kier molecular flexibility index (Phi) is 7.23. The Morgan fingerprint density at radius 1 is 1.11 bits per heavy atom. The van der Waals surface area contributed by atoms with Crippen LogP contribution in [0.2, 0.25) is 0 Å². The van der Waals surface area contributed by atoms with E-state index >= 15 is 0 Å². The molecule has 0 bridgehead atoms. The summed E-state index contributed by atoms with van der Waals surface area (Å²) in [5, 5.41) is 8.27. The van der Waals surface area contributed by atoms with Crippen molar-refractivity contribution in [1.82, 2.24) is 11.0 Å². The third kappa shape index (κ3) is 6.54. The van der Waals surface area contributed by atoms with Crippen LogP contribution in [0.5, 0.6) is 0 Å². The molecule has 104 valence electrons. The maximum atomic E-state index is 11.5. The highest BCUT2D eigenvalue weighted by Crippen LogP contribution is 2.00. The van der Waals surface area contributed by atoms with E-state index in [9.17, 15) is 9.59 Å². The molecule has 1 rings (SSSR count). The van der Waals surface area contributed by atoms with Crippen LogP contribution < -0.4 is 11.0 Å². The van der Waals surface area contributed by atoms with Crippen LogP contribution in [0.4, 0.5) is 0 Å². The fourth-order valence-electron chi connectivity index (χ4n) is 1.46. The van der Waals surface area contributed by atoms with E-state index in [1.165, 1.54) is 0 Å². The van der Waals surface area contributed by atoms with Gasteiger partial charge in [0.25, 0.3) is 5.91 Å². The number of hydrogen-bond donors (Lipinski definition) is 3. The number of rotatable bonds is 8. The molecule has 0 spiro atoms. The van der Waals surface area contributed by atoms with Gasteiger partial charge >= 0.3 is 0 Å². The van der Waals surface area contributed by atoms with Gasteiger partial charge in [0.05, 0.1) is 6.61 Å². The van der Waals surface area contributed by atoms with Gasteiger partial charge in [-0.25, -0.2) is 11.0 Å². The van der Waals surface area contributed by atoms with Crippen molar-refractivity contribution in [3.8, 4) is 0 Å². The molecule has 0 radical (unpaired) electrons. The monoisotopic (exact) mass is 266 g/mol. The van der Waals surface area contributed by atoms with Crippen LogP contribution in [-0.2, 0) is 9.63 Å². The number of unbranched alkanes of at least 4 members (excludes halogenated alkanes) is 2. The van der Waals surface area contributed by atoms with Gasteiger partial charge in [-0.1, -0.05) is 24.6 Å². The smallest absolute Gasteiger partial charge is 0.274 e. The Hall–Kier alpha value is -1.92. The zero-order valence-corrected chi connectivity index (χ0v) is 10.6. The molecule has 0 aliphatic carbocycles. The lowest BCUT2D eigenvalue weighted by molar-refractivity contribution is -0.129. The van der Waals surface area contributed by atoms with Crippen LogP contribution in [-0.4, -0.2) is 23.6 Å². The SMILES string of the molecule is O=C(CCCCCONC(=O)c1ccccc1)NO. The lowest BCUT2D eigenvalue weighted by Gasteiger charge is -2.05. The predicted molar refractivity (Wildman–Crippen MR) is 68.3 cm³/mol. The van der Waals surface area contributed by atoms with E-state index in [4.69, 9.17) is 10.0 Å². The molecule has 2 amide bonds. The Labute approximate surface area is 111 Å². The van der Waals surface area contributed by atoms with E-state index < -0.39 is 5.91 Å². The standard InChI is InChI=1S/C13H18N2O4/c16-12(14-18)9-5-2-6-10-19-15-13(17)11-7-3-1-4-8-11/h1,3-4,7-8,18H,2,5-6,9-10H2,(H,14,16)(H,15,17). The number of carbonyl (C=O) groups excluding carboxylic acids is 2. The fraction of sp³-hybridized carbons (Fsp3) is 0.385.